The van der Waals surface area contributed by atoms with Crippen LogP contribution in [0.15, 0.2) is 46.8 Å². The minimum atomic E-state index is -0.674. The highest BCUT2D eigenvalue weighted by Gasteiger charge is 2.38. The molecule has 6 nitrogen and oxygen atoms in total. The second kappa shape index (κ2) is 10.1. The molecule has 0 saturated carbocycles. The van der Waals surface area contributed by atoms with Crippen LogP contribution in [-0.2, 0) is 27.9 Å². The van der Waals surface area contributed by atoms with Gasteiger partial charge in [-0.3, -0.25) is 9.59 Å². The monoisotopic (exact) mass is 471 g/mol. The number of aryl methyl sites for hydroxylation is 1. The molecule has 2 amide bonds. The summed E-state index contributed by atoms with van der Waals surface area (Å²) in [4.78, 5) is 29.6. The van der Waals surface area contributed by atoms with Crippen molar-refractivity contribution in [3.63, 3.8) is 0 Å². The van der Waals surface area contributed by atoms with Gasteiger partial charge in [0, 0.05) is 41.5 Å². The standard InChI is InChI=1S/C24H29N3O3S2/c1-16(2)30-12-7-11-25-23(29)22-21-18-9-4-5-10-19(18)26(3)24(21)32-15-20(28)27(22)14-17-8-6-13-31-17/h4-6,8-10,13,16,22H,7,11-12,14-15H2,1-3H3,(H,25,29)/t22-/m1/s1. The highest BCUT2D eigenvalue weighted by atomic mass is 32.2. The number of ether oxygens (including phenoxy) is 1. The third-order valence-corrected chi connectivity index (χ3v) is 7.57. The van der Waals surface area contributed by atoms with Crippen molar-refractivity contribution in [3.8, 4) is 0 Å². The van der Waals surface area contributed by atoms with Gasteiger partial charge in [-0.2, -0.15) is 0 Å². The van der Waals surface area contributed by atoms with Crippen LogP contribution in [0.2, 0.25) is 0 Å². The molecule has 1 atom stereocenters. The van der Waals surface area contributed by atoms with Gasteiger partial charge in [-0.05, 0) is 37.8 Å². The Balaban J connectivity index is 1.69. The normalized spacial score (nSPS) is 16.4. The van der Waals surface area contributed by atoms with Crippen LogP contribution in [0.4, 0.5) is 0 Å². The fourth-order valence-electron chi connectivity index (χ4n) is 4.07. The van der Waals surface area contributed by atoms with E-state index < -0.39 is 6.04 Å². The number of nitrogens with one attached hydrogen (secondary N) is 1. The van der Waals surface area contributed by atoms with E-state index in [0.717, 1.165) is 32.8 Å². The second-order valence-corrected chi connectivity index (χ2v) is 10.1. The summed E-state index contributed by atoms with van der Waals surface area (Å²) >= 11 is 3.12. The van der Waals surface area contributed by atoms with Crippen molar-refractivity contribution in [1.82, 2.24) is 14.8 Å². The summed E-state index contributed by atoms with van der Waals surface area (Å²) in [7, 11) is 2.01. The van der Waals surface area contributed by atoms with Gasteiger partial charge in [-0.15, -0.1) is 11.3 Å². The number of aromatic nitrogens is 1. The topological polar surface area (TPSA) is 63.6 Å². The SMILES string of the molecule is CC(C)OCCCNC(=O)[C@H]1c2c(n(C)c3ccccc23)SCC(=O)N1Cc1cccs1. The van der Waals surface area contributed by atoms with E-state index in [4.69, 9.17) is 4.74 Å². The van der Waals surface area contributed by atoms with Gasteiger partial charge >= 0.3 is 0 Å². The van der Waals surface area contributed by atoms with Crippen molar-refractivity contribution in [3.05, 3.63) is 52.2 Å². The van der Waals surface area contributed by atoms with Crippen molar-refractivity contribution in [1.29, 1.82) is 0 Å². The summed E-state index contributed by atoms with van der Waals surface area (Å²) in [6, 6.07) is 11.4. The lowest BCUT2D eigenvalue weighted by atomic mass is 10.0. The number of thiophene rings is 1. The van der Waals surface area contributed by atoms with Gasteiger partial charge in [-0.25, -0.2) is 0 Å². The van der Waals surface area contributed by atoms with Gasteiger partial charge in [0.2, 0.25) is 11.8 Å². The van der Waals surface area contributed by atoms with Crippen molar-refractivity contribution >= 4 is 45.8 Å². The highest BCUT2D eigenvalue weighted by Crippen LogP contribution is 2.42. The zero-order chi connectivity index (χ0) is 22.7. The number of nitrogens with zero attached hydrogens (tertiary/aromatic N) is 2. The first-order valence-electron chi connectivity index (χ1n) is 10.9. The molecule has 0 saturated heterocycles. The predicted octanol–water partition coefficient (Wildman–Crippen LogP) is 4.35. The average Bonchev–Trinajstić information content (AvgIpc) is 3.34. The minimum Gasteiger partial charge on any atom is -0.379 e. The van der Waals surface area contributed by atoms with E-state index in [1.165, 1.54) is 11.8 Å². The van der Waals surface area contributed by atoms with Crippen LogP contribution in [0.3, 0.4) is 0 Å². The van der Waals surface area contributed by atoms with Gasteiger partial charge in [0.15, 0.2) is 0 Å². The van der Waals surface area contributed by atoms with Gasteiger partial charge in [0.25, 0.3) is 0 Å². The number of amides is 2. The van der Waals surface area contributed by atoms with Crippen molar-refractivity contribution < 1.29 is 14.3 Å². The lowest BCUT2D eigenvalue weighted by Crippen LogP contribution is -2.43. The summed E-state index contributed by atoms with van der Waals surface area (Å²) < 4.78 is 7.70. The molecule has 8 heteroatoms. The van der Waals surface area contributed by atoms with E-state index in [2.05, 4.69) is 16.0 Å². The molecule has 1 aliphatic rings. The summed E-state index contributed by atoms with van der Waals surface area (Å²) in [6.45, 7) is 5.52. The van der Waals surface area contributed by atoms with Gasteiger partial charge in [0.05, 0.1) is 23.4 Å². The van der Waals surface area contributed by atoms with Crippen molar-refractivity contribution in [2.75, 3.05) is 18.9 Å². The molecule has 1 aliphatic heterocycles. The van der Waals surface area contributed by atoms with Crippen LogP contribution in [0.5, 0.6) is 0 Å². The molecule has 0 bridgehead atoms. The Morgan fingerprint density at radius 2 is 2.06 bits per heavy atom. The van der Waals surface area contributed by atoms with Crippen LogP contribution in [-0.4, -0.2) is 46.3 Å². The third kappa shape index (κ3) is 4.72. The van der Waals surface area contributed by atoms with E-state index in [0.29, 0.717) is 25.4 Å². The molecule has 3 heterocycles. The number of hydrogen-bond acceptors (Lipinski definition) is 5. The largest absolute Gasteiger partial charge is 0.379 e. The Kier molecular flexibility index (Phi) is 7.23. The maximum absolute atomic E-state index is 13.6. The summed E-state index contributed by atoms with van der Waals surface area (Å²) in [5.41, 5.74) is 1.99. The smallest absolute Gasteiger partial charge is 0.247 e. The molecule has 4 rings (SSSR count). The first-order chi connectivity index (χ1) is 15.5. The summed E-state index contributed by atoms with van der Waals surface area (Å²) in [5.74, 6) is 0.153. The average molecular weight is 472 g/mol. The van der Waals surface area contributed by atoms with Gasteiger partial charge in [0.1, 0.15) is 6.04 Å². The molecule has 2 aromatic heterocycles. The lowest BCUT2D eigenvalue weighted by molar-refractivity contribution is -0.139. The third-order valence-electron chi connectivity index (χ3n) is 5.55. The number of hydrogen-bond donors (Lipinski definition) is 1. The molecule has 0 unspecified atom stereocenters. The first-order valence-corrected chi connectivity index (χ1v) is 12.7. The van der Waals surface area contributed by atoms with Crippen molar-refractivity contribution in [2.24, 2.45) is 7.05 Å². The number of carbonyl (C=O) groups excluding carboxylic acids is 2. The molecular weight excluding hydrogens is 442 g/mol. The molecule has 1 N–H and O–H groups in total. The molecule has 32 heavy (non-hydrogen) atoms. The molecule has 170 valence electrons. The summed E-state index contributed by atoms with van der Waals surface area (Å²) in [5, 5.41) is 7.07. The van der Waals surface area contributed by atoms with E-state index >= 15 is 0 Å². The number of carbonyl (C=O) groups is 2. The number of para-hydroxylation sites is 1. The van der Waals surface area contributed by atoms with E-state index in [1.54, 1.807) is 16.2 Å². The fourth-order valence-corrected chi connectivity index (χ4v) is 5.87. The zero-order valence-corrected chi connectivity index (χ0v) is 20.3. The number of benzene rings is 1. The van der Waals surface area contributed by atoms with Crippen LogP contribution in [0, 0.1) is 0 Å². The van der Waals surface area contributed by atoms with Crippen LogP contribution >= 0.6 is 23.1 Å². The van der Waals surface area contributed by atoms with Gasteiger partial charge in [-0.1, -0.05) is 36.0 Å². The van der Waals surface area contributed by atoms with Crippen LogP contribution < -0.4 is 5.32 Å². The molecule has 0 radical (unpaired) electrons. The highest BCUT2D eigenvalue weighted by molar-refractivity contribution is 8.00. The molecule has 1 aromatic carbocycles. The van der Waals surface area contributed by atoms with Crippen molar-refractivity contribution in [2.45, 2.75) is 44.0 Å². The van der Waals surface area contributed by atoms with E-state index in [1.807, 2.05) is 56.6 Å². The first kappa shape index (κ1) is 22.9. The number of thioether (sulfide) groups is 1. The molecule has 0 fully saturated rings. The predicted molar refractivity (Wildman–Crippen MR) is 130 cm³/mol. The summed E-state index contributed by atoms with van der Waals surface area (Å²) in [6.07, 6.45) is 0.897. The zero-order valence-electron chi connectivity index (χ0n) is 18.7. The van der Waals surface area contributed by atoms with Gasteiger partial charge < -0.3 is 19.5 Å². The lowest BCUT2D eigenvalue weighted by Gasteiger charge is -2.29. The number of rotatable bonds is 8. The Labute approximate surface area is 196 Å². The molecule has 0 aliphatic carbocycles. The quantitative estimate of drug-likeness (QED) is 0.496. The minimum absolute atomic E-state index is 0.0213. The Bertz CT molecular complexity index is 1090. The van der Waals surface area contributed by atoms with Crippen LogP contribution in [0.25, 0.3) is 10.9 Å². The fraction of sp³-hybridized carbons (Fsp3) is 0.417. The Morgan fingerprint density at radius 3 is 2.81 bits per heavy atom. The molecule has 3 aromatic rings. The maximum atomic E-state index is 13.6. The second-order valence-electron chi connectivity index (χ2n) is 8.15. The van der Waals surface area contributed by atoms with Crippen LogP contribution in [0.1, 0.15) is 36.8 Å². The molecule has 0 spiro atoms. The molecular formula is C24H29N3O3S2. The Morgan fingerprint density at radius 1 is 1.25 bits per heavy atom. The van der Waals surface area contributed by atoms with E-state index in [-0.39, 0.29) is 17.9 Å². The Hall–Kier alpha value is -2.29. The van der Waals surface area contributed by atoms with E-state index in [9.17, 15) is 9.59 Å². The number of fused-ring (bicyclic) bond motifs is 3. The maximum Gasteiger partial charge on any atom is 0.247 e.